The van der Waals surface area contributed by atoms with Gasteiger partial charge in [0.15, 0.2) is 0 Å². The summed E-state index contributed by atoms with van der Waals surface area (Å²) in [4.78, 5) is 16.9. The Morgan fingerprint density at radius 1 is 1.16 bits per heavy atom. The van der Waals surface area contributed by atoms with Crippen LogP contribution in [0.3, 0.4) is 0 Å². The predicted octanol–water partition coefficient (Wildman–Crippen LogP) is 4.43. The number of carbonyl (C=O) groups is 1. The number of aromatic nitrogens is 2. The molecule has 126 valence electrons. The zero-order valence-corrected chi connectivity index (χ0v) is 14.0. The van der Waals surface area contributed by atoms with Crippen LogP contribution in [-0.2, 0) is 6.42 Å². The smallest absolute Gasteiger partial charge is 0.255 e. The molecular formula is C20H19N3O2. The number of aryl methyl sites for hydroxylation is 1. The van der Waals surface area contributed by atoms with E-state index in [1.54, 1.807) is 12.1 Å². The third-order valence-electron chi connectivity index (χ3n) is 4.42. The highest BCUT2D eigenvalue weighted by molar-refractivity contribution is 6.04. The summed E-state index contributed by atoms with van der Waals surface area (Å²) in [6.45, 7) is 2.07. The first-order chi connectivity index (χ1) is 12.2. The summed E-state index contributed by atoms with van der Waals surface area (Å²) >= 11 is 0. The van der Waals surface area contributed by atoms with Gasteiger partial charge in [-0.3, -0.25) is 4.79 Å². The summed E-state index contributed by atoms with van der Waals surface area (Å²) in [6, 6.07) is 15.1. The van der Waals surface area contributed by atoms with Crippen LogP contribution < -0.4 is 5.32 Å². The molecule has 0 aliphatic heterocycles. The van der Waals surface area contributed by atoms with Crippen LogP contribution in [0.1, 0.15) is 47.5 Å². The van der Waals surface area contributed by atoms with E-state index >= 15 is 0 Å². The molecule has 0 radical (unpaired) electrons. The average Bonchev–Trinajstić information content (AvgIpc) is 3.39. The minimum atomic E-state index is -0.126. The Balaban J connectivity index is 1.50. The zero-order valence-electron chi connectivity index (χ0n) is 14.0. The summed E-state index contributed by atoms with van der Waals surface area (Å²) < 4.78 is 5.28. The van der Waals surface area contributed by atoms with E-state index in [1.165, 1.54) is 0 Å². The molecule has 2 aromatic carbocycles. The predicted molar refractivity (Wildman–Crippen MR) is 95.5 cm³/mol. The Hall–Kier alpha value is -2.95. The number of nitrogens with zero attached hydrogens (tertiary/aromatic N) is 2. The quantitative estimate of drug-likeness (QED) is 0.750. The molecule has 1 aliphatic rings. The largest absolute Gasteiger partial charge is 0.339 e. The van der Waals surface area contributed by atoms with Crippen molar-refractivity contribution < 1.29 is 9.32 Å². The summed E-state index contributed by atoms with van der Waals surface area (Å²) in [5.74, 6) is 1.60. The maximum Gasteiger partial charge on any atom is 0.255 e. The molecule has 0 spiro atoms. The number of hydrogen-bond donors (Lipinski definition) is 1. The van der Waals surface area contributed by atoms with E-state index in [2.05, 4.69) is 22.4 Å². The lowest BCUT2D eigenvalue weighted by Gasteiger charge is -2.09. The van der Waals surface area contributed by atoms with Gasteiger partial charge in [-0.1, -0.05) is 42.4 Å². The van der Waals surface area contributed by atoms with Gasteiger partial charge >= 0.3 is 0 Å². The highest BCUT2D eigenvalue weighted by Crippen LogP contribution is 2.39. The second-order valence-electron chi connectivity index (χ2n) is 6.27. The van der Waals surface area contributed by atoms with Crippen molar-refractivity contribution in [3.05, 3.63) is 65.5 Å². The fourth-order valence-corrected chi connectivity index (χ4v) is 2.76. The lowest BCUT2D eigenvalue weighted by molar-refractivity contribution is 0.102. The first-order valence-electron chi connectivity index (χ1n) is 8.58. The van der Waals surface area contributed by atoms with Crippen molar-refractivity contribution in [3.8, 4) is 11.4 Å². The van der Waals surface area contributed by atoms with E-state index in [4.69, 9.17) is 4.52 Å². The molecular weight excluding hydrogens is 314 g/mol. The molecule has 1 N–H and O–H groups in total. The van der Waals surface area contributed by atoms with E-state index < -0.39 is 0 Å². The molecule has 3 aromatic rings. The van der Waals surface area contributed by atoms with Crippen LogP contribution in [0.5, 0.6) is 0 Å². The minimum Gasteiger partial charge on any atom is -0.339 e. The van der Waals surface area contributed by atoms with Crippen molar-refractivity contribution in [3.63, 3.8) is 0 Å². The molecule has 4 rings (SSSR count). The third kappa shape index (κ3) is 3.31. The highest BCUT2D eigenvalue weighted by atomic mass is 16.5. The van der Waals surface area contributed by atoms with Crippen molar-refractivity contribution >= 4 is 11.6 Å². The number of hydrogen-bond acceptors (Lipinski definition) is 4. The van der Waals surface area contributed by atoms with Crippen molar-refractivity contribution in [1.82, 2.24) is 10.1 Å². The molecule has 0 unspecified atom stereocenters. The molecule has 1 fully saturated rings. The van der Waals surface area contributed by atoms with Gasteiger partial charge in [-0.2, -0.15) is 4.98 Å². The standard InChI is InChI=1S/C20H19N3O2/c1-2-13-5-3-4-6-17(13)21-19(24)15-9-7-14(8-10-15)18-22-20(25-23-18)16-11-12-16/h3-10,16H,2,11-12H2,1H3,(H,21,24). The Morgan fingerprint density at radius 2 is 1.92 bits per heavy atom. The molecule has 5 heteroatoms. The van der Waals surface area contributed by atoms with E-state index in [9.17, 15) is 4.79 Å². The molecule has 1 aliphatic carbocycles. The number of para-hydroxylation sites is 1. The van der Waals surface area contributed by atoms with Gasteiger partial charge in [-0.05, 0) is 43.0 Å². The zero-order chi connectivity index (χ0) is 17.2. The van der Waals surface area contributed by atoms with Crippen molar-refractivity contribution in [1.29, 1.82) is 0 Å². The third-order valence-corrected chi connectivity index (χ3v) is 4.42. The van der Waals surface area contributed by atoms with Crippen LogP contribution in [0.4, 0.5) is 5.69 Å². The molecule has 0 saturated heterocycles. The maximum absolute atomic E-state index is 12.5. The van der Waals surface area contributed by atoms with Gasteiger partial charge in [0.25, 0.3) is 5.91 Å². The summed E-state index contributed by atoms with van der Waals surface area (Å²) in [7, 11) is 0. The molecule has 0 bridgehead atoms. The lowest BCUT2D eigenvalue weighted by Crippen LogP contribution is -2.13. The van der Waals surface area contributed by atoms with Crippen LogP contribution >= 0.6 is 0 Å². The van der Waals surface area contributed by atoms with Gasteiger partial charge in [-0.25, -0.2) is 0 Å². The molecule has 1 saturated carbocycles. The Kier molecular flexibility index (Phi) is 4.06. The van der Waals surface area contributed by atoms with Crippen molar-refractivity contribution in [2.24, 2.45) is 0 Å². The summed E-state index contributed by atoms with van der Waals surface area (Å²) in [6.07, 6.45) is 3.12. The minimum absolute atomic E-state index is 0.126. The second kappa shape index (κ2) is 6.51. The lowest BCUT2D eigenvalue weighted by atomic mass is 10.1. The monoisotopic (exact) mass is 333 g/mol. The van der Waals surface area contributed by atoms with E-state index in [-0.39, 0.29) is 5.91 Å². The van der Waals surface area contributed by atoms with E-state index in [1.807, 2.05) is 36.4 Å². The van der Waals surface area contributed by atoms with Crippen LogP contribution in [0.2, 0.25) is 0 Å². The number of rotatable bonds is 5. The van der Waals surface area contributed by atoms with Gasteiger partial charge in [0.2, 0.25) is 11.7 Å². The molecule has 25 heavy (non-hydrogen) atoms. The first kappa shape index (κ1) is 15.6. The fourth-order valence-electron chi connectivity index (χ4n) is 2.76. The molecule has 1 heterocycles. The number of anilines is 1. The fraction of sp³-hybridized carbons (Fsp3) is 0.250. The van der Waals surface area contributed by atoms with Gasteiger partial charge in [0, 0.05) is 22.7 Å². The van der Waals surface area contributed by atoms with Crippen molar-refractivity contribution in [2.75, 3.05) is 5.32 Å². The Morgan fingerprint density at radius 3 is 2.64 bits per heavy atom. The molecule has 5 nitrogen and oxygen atoms in total. The van der Waals surface area contributed by atoms with Crippen LogP contribution in [0, 0.1) is 0 Å². The van der Waals surface area contributed by atoms with Gasteiger partial charge in [-0.15, -0.1) is 0 Å². The van der Waals surface area contributed by atoms with Crippen LogP contribution in [0.15, 0.2) is 53.1 Å². The normalized spacial score (nSPS) is 13.6. The van der Waals surface area contributed by atoms with Gasteiger partial charge in [0.05, 0.1) is 0 Å². The van der Waals surface area contributed by atoms with Crippen LogP contribution in [0.25, 0.3) is 11.4 Å². The topological polar surface area (TPSA) is 68.0 Å². The molecule has 1 aromatic heterocycles. The second-order valence-corrected chi connectivity index (χ2v) is 6.27. The average molecular weight is 333 g/mol. The van der Waals surface area contributed by atoms with E-state index in [0.29, 0.717) is 23.2 Å². The van der Waals surface area contributed by atoms with Gasteiger partial charge < -0.3 is 9.84 Å². The highest BCUT2D eigenvalue weighted by Gasteiger charge is 2.29. The number of carbonyl (C=O) groups excluding carboxylic acids is 1. The Bertz CT molecular complexity index is 895. The number of amides is 1. The molecule has 0 atom stereocenters. The Labute approximate surface area is 146 Å². The molecule has 1 amide bonds. The first-order valence-corrected chi connectivity index (χ1v) is 8.58. The van der Waals surface area contributed by atoms with Crippen molar-refractivity contribution in [2.45, 2.75) is 32.1 Å². The summed E-state index contributed by atoms with van der Waals surface area (Å²) in [5, 5.41) is 7.00. The number of nitrogens with one attached hydrogen (secondary N) is 1. The van der Waals surface area contributed by atoms with E-state index in [0.717, 1.165) is 36.1 Å². The van der Waals surface area contributed by atoms with Gasteiger partial charge in [0.1, 0.15) is 0 Å². The summed E-state index contributed by atoms with van der Waals surface area (Å²) in [5.41, 5.74) is 3.42. The number of benzene rings is 2. The maximum atomic E-state index is 12.5. The van der Waals surface area contributed by atoms with Crippen LogP contribution in [-0.4, -0.2) is 16.0 Å². The SMILES string of the molecule is CCc1ccccc1NC(=O)c1ccc(-c2noc(C3CC3)n2)cc1.